The van der Waals surface area contributed by atoms with E-state index < -0.39 is 5.82 Å². The fourth-order valence-corrected chi connectivity index (χ4v) is 7.09. The van der Waals surface area contributed by atoms with Crippen molar-refractivity contribution >= 4 is 17.7 Å². The molecule has 2 aromatic carbocycles. The Morgan fingerprint density at radius 2 is 1.89 bits per heavy atom. The third kappa shape index (κ3) is 6.40. The first-order valence-electron chi connectivity index (χ1n) is 13.7. The third-order valence-corrected chi connectivity index (χ3v) is 9.14. The number of aryl methyl sites for hydroxylation is 1. The highest BCUT2D eigenvalue weighted by atomic mass is 32.2. The molecular weight excluding hydrogens is 499 g/mol. The second kappa shape index (κ2) is 12.3. The van der Waals surface area contributed by atoms with Crippen LogP contribution >= 0.6 is 11.8 Å². The molecule has 8 heteroatoms. The summed E-state index contributed by atoms with van der Waals surface area (Å²) in [5.74, 6) is 2.84. The number of nitrogens with zero attached hydrogens (tertiary/aromatic N) is 3. The fraction of sp³-hybridized carbons (Fsp3) is 0.500. The maximum atomic E-state index is 14.2. The van der Waals surface area contributed by atoms with Crippen LogP contribution in [-0.2, 0) is 17.8 Å². The molecule has 5 atom stereocenters. The normalized spacial score (nSPS) is 21.8. The van der Waals surface area contributed by atoms with Crippen LogP contribution in [0.4, 0.5) is 4.39 Å². The molecule has 5 rings (SSSR count). The van der Waals surface area contributed by atoms with E-state index in [2.05, 4.69) is 39.1 Å². The van der Waals surface area contributed by atoms with Gasteiger partial charge in [-0.15, -0.1) is 10.2 Å². The number of carbonyl (C=O) groups is 1. The highest BCUT2D eigenvalue weighted by molar-refractivity contribution is 7.99. The second-order valence-electron chi connectivity index (χ2n) is 10.8. The van der Waals surface area contributed by atoms with Gasteiger partial charge in [0.15, 0.2) is 22.5 Å². The van der Waals surface area contributed by atoms with Crippen LogP contribution in [0, 0.1) is 23.6 Å². The topological polar surface area (TPSA) is 69.0 Å². The van der Waals surface area contributed by atoms with Crippen LogP contribution < -0.4 is 10.1 Å². The molecule has 0 radical (unpaired) electrons. The lowest BCUT2D eigenvalue weighted by molar-refractivity contribution is -0.119. The van der Waals surface area contributed by atoms with E-state index in [9.17, 15) is 9.18 Å². The molecule has 2 fully saturated rings. The number of nitrogens with one attached hydrogen (secondary N) is 1. The van der Waals surface area contributed by atoms with Gasteiger partial charge in [0, 0.05) is 12.1 Å². The Hall–Kier alpha value is -2.87. The number of thioether (sulfide) groups is 1. The minimum absolute atomic E-state index is 0.0122. The molecule has 0 spiro atoms. The lowest BCUT2D eigenvalue weighted by Gasteiger charge is -2.30. The maximum absolute atomic E-state index is 14.2. The molecule has 0 aliphatic heterocycles. The van der Waals surface area contributed by atoms with E-state index in [0.717, 1.165) is 29.8 Å². The van der Waals surface area contributed by atoms with E-state index in [0.29, 0.717) is 11.7 Å². The van der Waals surface area contributed by atoms with Crippen molar-refractivity contribution in [3.8, 4) is 5.75 Å². The predicted octanol–water partition coefficient (Wildman–Crippen LogP) is 6.22. The van der Waals surface area contributed by atoms with Crippen molar-refractivity contribution in [3.05, 3.63) is 71.8 Å². The summed E-state index contributed by atoms with van der Waals surface area (Å²) in [5, 5.41) is 12.7. The summed E-state index contributed by atoms with van der Waals surface area (Å²) in [6, 6.07) is 17.0. The van der Waals surface area contributed by atoms with Crippen LogP contribution in [0.2, 0.25) is 0 Å². The van der Waals surface area contributed by atoms with Gasteiger partial charge >= 0.3 is 0 Å². The number of hydrogen-bond donors (Lipinski definition) is 1. The zero-order valence-corrected chi connectivity index (χ0v) is 23.0. The summed E-state index contributed by atoms with van der Waals surface area (Å²) < 4.78 is 22.1. The molecule has 2 saturated carbocycles. The monoisotopic (exact) mass is 536 g/mol. The quantitative estimate of drug-likeness (QED) is 0.278. The van der Waals surface area contributed by atoms with Crippen LogP contribution in [0.3, 0.4) is 0 Å². The van der Waals surface area contributed by atoms with Crippen molar-refractivity contribution in [2.45, 2.75) is 76.2 Å². The molecule has 6 nitrogen and oxygen atoms in total. The standard InChI is InChI=1S/C30H37FN4O2S/c1-20(12-13-22-8-4-3-5-9-22)32-29(36)19-38-30-34-33-28(18-37-27-11-7-6-10-26(27)31)35(30)21(2)25-17-23-14-15-24(25)16-23/h3-11,20-21,23-25H,12-19H2,1-2H3,(H,32,36)/t20-,21-,23-,24-,25+/m1/s1. The minimum atomic E-state index is -0.396. The van der Waals surface area contributed by atoms with Gasteiger partial charge in [0.25, 0.3) is 0 Å². The summed E-state index contributed by atoms with van der Waals surface area (Å²) in [6.45, 7) is 4.41. The first-order valence-corrected chi connectivity index (χ1v) is 14.7. The lowest BCUT2D eigenvalue weighted by atomic mass is 9.84. The number of ether oxygens (including phenoxy) is 1. The molecule has 2 aliphatic rings. The van der Waals surface area contributed by atoms with E-state index in [-0.39, 0.29) is 36.1 Å². The lowest BCUT2D eigenvalue weighted by Crippen LogP contribution is -2.34. The number of benzene rings is 2. The van der Waals surface area contributed by atoms with Gasteiger partial charge in [-0.2, -0.15) is 0 Å². The van der Waals surface area contributed by atoms with Gasteiger partial charge in [0.05, 0.1) is 5.75 Å². The molecule has 2 bridgehead atoms. The Morgan fingerprint density at radius 3 is 2.63 bits per heavy atom. The molecule has 2 aliphatic carbocycles. The SMILES string of the molecule is C[C@H](CCc1ccccc1)NC(=O)CSc1nnc(COc2ccccc2F)n1[C@H](C)[C@@H]1C[C@@H]2CC[C@@H]1C2. The molecular formula is C30H37FN4O2S. The molecule has 0 saturated heterocycles. The summed E-state index contributed by atoms with van der Waals surface area (Å²) in [4.78, 5) is 12.8. The van der Waals surface area contributed by atoms with Crippen LogP contribution in [0.25, 0.3) is 0 Å². The molecule has 3 aromatic rings. The summed E-state index contributed by atoms with van der Waals surface area (Å²) in [5.41, 5.74) is 1.27. The van der Waals surface area contributed by atoms with Crippen molar-refractivity contribution in [2.24, 2.45) is 17.8 Å². The van der Waals surface area contributed by atoms with Crippen LogP contribution in [0.15, 0.2) is 59.8 Å². The first-order chi connectivity index (χ1) is 18.5. The zero-order chi connectivity index (χ0) is 26.5. The predicted molar refractivity (Wildman–Crippen MR) is 147 cm³/mol. The Labute approximate surface area is 228 Å². The number of hydrogen-bond acceptors (Lipinski definition) is 5. The van der Waals surface area contributed by atoms with E-state index >= 15 is 0 Å². The number of halogens is 1. The number of para-hydroxylation sites is 1. The van der Waals surface area contributed by atoms with Gasteiger partial charge in [0.1, 0.15) is 6.61 Å². The van der Waals surface area contributed by atoms with Crippen molar-refractivity contribution in [2.75, 3.05) is 5.75 Å². The van der Waals surface area contributed by atoms with Crippen LogP contribution in [0.1, 0.15) is 63.4 Å². The average Bonchev–Trinajstić information content (AvgIpc) is 3.67. The van der Waals surface area contributed by atoms with Gasteiger partial charge in [-0.1, -0.05) is 60.6 Å². The van der Waals surface area contributed by atoms with E-state index in [4.69, 9.17) is 4.74 Å². The Kier molecular flexibility index (Phi) is 8.67. The largest absolute Gasteiger partial charge is 0.483 e. The third-order valence-electron chi connectivity index (χ3n) is 8.20. The summed E-state index contributed by atoms with van der Waals surface area (Å²) in [6.07, 6.45) is 6.97. The van der Waals surface area contributed by atoms with Gasteiger partial charge in [-0.05, 0) is 81.4 Å². The maximum Gasteiger partial charge on any atom is 0.230 e. The summed E-state index contributed by atoms with van der Waals surface area (Å²) in [7, 11) is 0. The Bertz CT molecular complexity index is 1220. The van der Waals surface area contributed by atoms with E-state index in [1.54, 1.807) is 18.2 Å². The van der Waals surface area contributed by atoms with Gasteiger partial charge in [-0.3, -0.25) is 9.36 Å². The smallest absolute Gasteiger partial charge is 0.230 e. The zero-order valence-electron chi connectivity index (χ0n) is 22.2. The van der Waals surface area contributed by atoms with Crippen LogP contribution in [-0.4, -0.2) is 32.5 Å². The highest BCUT2D eigenvalue weighted by Crippen LogP contribution is 2.52. The average molecular weight is 537 g/mol. The van der Waals surface area contributed by atoms with Crippen molar-refractivity contribution in [1.82, 2.24) is 20.1 Å². The minimum Gasteiger partial charge on any atom is -0.483 e. The first kappa shape index (κ1) is 26.7. The Balaban J connectivity index is 1.23. The van der Waals surface area contributed by atoms with Crippen molar-refractivity contribution in [3.63, 3.8) is 0 Å². The molecule has 1 heterocycles. The number of carbonyl (C=O) groups excluding carboxylic acids is 1. The number of aromatic nitrogens is 3. The van der Waals surface area contributed by atoms with Gasteiger partial charge < -0.3 is 10.1 Å². The molecule has 38 heavy (non-hydrogen) atoms. The van der Waals surface area contributed by atoms with E-state index in [1.807, 2.05) is 25.1 Å². The van der Waals surface area contributed by atoms with Crippen molar-refractivity contribution in [1.29, 1.82) is 0 Å². The Morgan fingerprint density at radius 1 is 1.11 bits per heavy atom. The summed E-state index contributed by atoms with van der Waals surface area (Å²) >= 11 is 1.41. The van der Waals surface area contributed by atoms with Gasteiger partial charge in [-0.25, -0.2) is 4.39 Å². The van der Waals surface area contributed by atoms with Crippen LogP contribution in [0.5, 0.6) is 5.75 Å². The number of fused-ring (bicyclic) bond motifs is 2. The molecule has 0 unspecified atom stereocenters. The van der Waals surface area contributed by atoms with E-state index in [1.165, 1.54) is 49.1 Å². The van der Waals surface area contributed by atoms with Gasteiger partial charge in [0.2, 0.25) is 5.91 Å². The molecule has 1 aromatic heterocycles. The molecule has 1 N–H and O–H groups in total. The highest BCUT2D eigenvalue weighted by Gasteiger charge is 2.43. The fourth-order valence-electron chi connectivity index (χ4n) is 6.24. The molecule has 202 valence electrons. The molecule has 1 amide bonds. The second-order valence-corrected chi connectivity index (χ2v) is 11.8. The number of amides is 1. The van der Waals surface area contributed by atoms with Crippen molar-refractivity contribution < 1.29 is 13.9 Å². The number of rotatable bonds is 12.